The first-order valence-electron chi connectivity index (χ1n) is 7.06. The Kier molecular flexibility index (Phi) is 4.67. The van der Waals surface area contributed by atoms with Gasteiger partial charge in [-0.2, -0.15) is 0 Å². The highest BCUT2D eigenvalue weighted by atomic mass is 79.9. The molecule has 1 unspecified atom stereocenters. The molecule has 1 aliphatic rings. The second-order valence-corrected chi connectivity index (χ2v) is 7.21. The summed E-state index contributed by atoms with van der Waals surface area (Å²) in [6.07, 6.45) is 1.18. The van der Waals surface area contributed by atoms with Crippen molar-refractivity contribution in [1.29, 1.82) is 0 Å². The van der Waals surface area contributed by atoms with Crippen molar-refractivity contribution in [3.05, 3.63) is 62.5 Å². The molecule has 110 valence electrons. The molecule has 0 spiro atoms. The summed E-state index contributed by atoms with van der Waals surface area (Å²) in [7, 11) is 0. The summed E-state index contributed by atoms with van der Waals surface area (Å²) in [5.41, 5.74) is 2.57. The lowest BCUT2D eigenvalue weighted by molar-refractivity contribution is 0.222. The van der Waals surface area contributed by atoms with E-state index in [1.807, 2.05) is 12.1 Å². The SMILES string of the molecule is C[C@H](NCC1Cc2cc(Br)ccc2O1)c1ccc(Br)cc1. The fourth-order valence-electron chi connectivity index (χ4n) is 2.58. The van der Waals surface area contributed by atoms with Crippen molar-refractivity contribution in [1.82, 2.24) is 5.32 Å². The standard InChI is InChI=1S/C17H17Br2NO/c1-11(12-2-4-14(18)5-3-12)20-10-16-9-13-8-15(19)6-7-17(13)21-16/h2-8,11,16,20H,9-10H2,1H3/t11-,16?/m0/s1. The molecule has 2 aromatic rings. The van der Waals surface area contributed by atoms with Crippen LogP contribution in [0, 0.1) is 0 Å². The minimum absolute atomic E-state index is 0.215. The van der Waals surface area contributed by atoms with Gasteiger partial charge in [0, 0.05) is 28.0 Å². The van der Waals surface area contributed by atoms with Crippen LogP contribution in [0.4, 0.5) is 0 Å². The summed E-state index contributed by atoms with van der Waals surface area (Å²) in [6.45, 7) is 3.03. The molecular formula is C17H17Br2NO. The minimum atomic E-state index is 0.215. The van der Waals surface area contributed by atoms with E-state index in [1.165, 1.54) is 11.1 Å². The molecule has 2 nitrogen and oxygen atoms in total. The van der Waals surface area contributed by atoms with Crippen LogP contribution in [0.5, 0.6) is 5.75 Å². The Hall–Kier alpha value is -0.840. The van der Waals surface area contributed by atoms with Gasteiger partial charge < -0.3 is 10.1 Å². The zero-order valence-electron chi connectivity index (χ0n) is 11.8. The predicted molar refractivity (Wildman–Crippen MR) is 92.8 cm³/mol. The maximum Gasteiger partial charge on any atom is 0.123 e. The molecule has 1 aliphatic heterocycles. The normalized spacial score (nSPS) is 18.1. The lowest BCUT2D eigenvalue weighted by Crippen LogP contribution is -2.31. The quantitative estimate of drug-likeness (QED) is 0.776. The third kappa shape index (κ3) is 3.68. The van der Waals surface area contributed by atoms with Crippen molar-refractivity contribution >= 4 is 31.9 Å². The first-order chi connectivity index (χ1) is 10.1. The van der Waals surface area contributed by atoms with Gasteiger partial charge in [-0.3, -0.25) is 0 Å². The molecule has 2 aromatic carbocycles. The van der Waals surface area contributed by atoms with Crippen LogP contribution < -0.4 is 10.1 Å². The molecule has 0 aliphatic carbocycles. The predicted octanol–water partition coefficient (Wildman–Crippen LogP) is 4.87. The summed E-state index contributed by atoms with van der Waals surface area (Å²) in [4.78, 5) is 0. The Morgan fingerprint density at radius 1 is 1.14 bits per heavy atom. The van der Waals surface area contributed by atoms with Crippen molar-refractivity contribution in [2.24, 2.45) is 0 Å². The van der Waals surface area contributed by atoms with E-state index < -0.39 is 0 Å². The molecule has 0 radical (unpaired) electrons. The van der Waals surface area contributed by atoms with Gasteiger partial charge in [-0.25, -0.2) is 0 Å². The summed E-state index contributed by atoms with van der Waals surface area (Å²) < 4.78 is 8.20. The molecule has 0 aromatic heterocycles. The van der Waals surface area contributed by atoms with Crippen molar-refractivity contribution in [2.45, 2.75) is 25.5 Å². The maximum atomic E-state index is 5.98. The van der Waals surface area contributed by atoms with Crippen molar-refractivity contribution in [3.8, 4) is 5.75 Å². The number of halogens is 2. The fraction of sp³-hybridized carbons (Fsp3) is 0.294. The number of rotatable bonds is 4. The highest BCUT2D eigenvalue weighted by Gasteiger charge is 2.23. The van der Waals surface area contributed by atoms with E-state index in [0.29, 0.717) is 6.04 Å². The van der Waals surface area contributed by atoms with Crippen molar-refractivity contribution in [3.63, 3.8) is 0 Å². The van der Waals surface area contributed by atoms with Gasteiger partial charge in [-0.05, 0) is 48.4 Å². The zero-order valence-corrected chi connectivity index (χ0v) is 14.9. The number of benzene rings is 2. The molecule has 4 heteroatoms. The van der Waals surface area contributed by atoms with E-state index in [9.17, 15) is 0 Å². The van der Waals surface area contributed by atoms with Crippen LogP contribution in [0.25, 0.3) is 0 Å². The fourth-order valence-corrected chi connectivity index (χ4v) is 3.25. The van der Waals surface area contributed by atoms with Crippen molar-refractivity contribution in [2.75, 3.05) is 6.54 Å². The van der Waals surface area contributed by atoms with E-state index >= 15 is 0 Å². The number of hydrogen-bond donors (Lipinski definition) is 1. The highest BCUT2D eigenvalue weighted by molar-refractivity contribution is 9.10. The Morgan fingerprint density at radius 3 is 2.62 bits per heavy atom. The molecule has 3 rings (SSSR count). The van der Waals surface area contributed by atoms with Crippen molar-refractivity contribution < 1.29 is 4.74 Å². The van der Waals surface area contributed by atoms with Crippen LogP contribution in [0.3, 0.4) is 0 Å². The minimum Gasteiger partial charge on any atom is -0.488 e. The van der Waals surface area contributed by atoms with Gasteiger partial charge in [0.2, 0.25) is 0 Å². The summed E-state index contributed by atoms with van der Waals surface area (Å²) in [5, 5.41) is 3.56. The van der Waals surface area contributed by atoms with Crippen LogP contribution in [0.1, 0.15) is 24.1 Å². The highest BCUT2D eigenvalue weighted by Crippen LogP contribution is 2.31. The molecule has 0 saturated heterocycles. The maximum absolute atomic E-state index is 5.98. The second kappa shape index (κ2) is 6.51. The summed E-state index contributed by atoms with van der Waals surface area (Å²) >= 11 is 6.97. The number of hydrogen-bond acceptors (Lipinski definition) is 2. The molecule has 1 N–H and O–H groups in total. The van der Waals surface area contributed by atoms with Gasteiger partial charge in [-0.15, -0.1) is 0 Å². The molecular weight excluding hydrogens is 394 g/mol. The zero-order chi connectivity index (χ0) is 14.8. The van der Waals surface area contributed by atoms with Crippen LogP contribution in [0.2, 0.25) is 0 Å². The van der Waals surface area contributed by atoms with Gasteiger partial charge in [-0.1, -0.05) is 44.0 Å². The van der Waals surface area contributed by atoms with Crippen LogP contribution in [-0.4, -0.2) is 12.6 Å². The molecule has 2 atom stereocenters. The van der Waals surface area contributed by atoms with Gasteiger partial charge in [0.05, 0.1) is 0 Å². The van der Waals surface area contributed by atoms with Gasteiger partial charge in [0.15, 0.2) is 0 Å². The Morgan fingerprint density at radius 2 is 1.86 bits per heavy atom. The average molecular weight is 411 g/mol. The third-order valence-corrected chi connectivity index (χ3v) is 4.81. The van der Waals surface area contributed by atoms with E-state index in [4.69, 9.17) is 4.74 Å². The van der Waals surface area contributed by atoms with Crippen LogP contribution in [0.15, 0.2) is 51.4 Å². The number of ether oxygens (including phenoxy) is 1. The van der Waals surface area contributed by atoms with Crippen LogP contribution in [-0.2, 0) is 6.42 Å². The summed E-state index contributed by atoms with van der Waals surface area (Å²) in [5.74, 6) is 1.02. The number of nitrogens with one attached hydrogen (secondary N) is 1. The lowest BCUT2D eigenvalue weighted by Gasteiger charge is -2.17. The average Bonchev–Trinajstić information content (AvgIpc) is 2.87. The number of fused-ring (bicyclic) bond motifs is 1. The summed E-state index contributed by atoms with van der Waals surface area (Å²) in [6, 6.07) is 15.0. The van der Waals surface area contributed by atoms with Crippen LogP contribution >= 0.6 is 31.9 Å². The molecule has 0 saturated carbocycles. The smallest absolute Gasteiger partial charge is 0.123 e. The largest absolute Gasteiger partial charge is 0.488 e. The molecule has 0 fully saturated rings. The van der Waals surface area contributed by atoms with E-state index in [2.05, 4.69) is 74.4 Å². The van der Waals surface area contributed by atoms with E-state index in [-0.39, 0.29) is 6.10 Å². The topological polar surface area (TPSA) is 21.3 Å². The molecule has 1 heterocycles. The third-order valence-electron chi connectivity index (χ3n) is 3.79. The monoisotopic (exact) mass is 409 g/mol. The Labute approximate surface area is 142 Å². The molecule has 0 bridgehead atoms. The van der Waals surface area contributed by atoms with Gasteiger partial charge >= 0.3 is 0 Å². The lowest BCUT2D eigenvalue weighted by atomic mass is 10.1. The van der Waals surface area contributed by atoms with Gasteiger partial charge in [0.25, 0.3) is 0 Å². The van der Waals surface area contributed by atoms with Gasteiger partial charge in [0.1, 0.15) is 11.9 Å². The first-order valence-corrected chi connectivity index (χ1v) is 8.64. The molecule has 0 amide bonds. The molecule has 21 heavy (non-hydrogen) atoms. The van der Waals surface area contributed by atoms with E-state index in [0.717, 1.165) is 27.7 Å². The second-order valence-electron chi connectivity index (χ2n) is 5.38. The Bertz CT molecular complexity index is 627. The first kappa shape index (κ1) is 15.1. The Balaban J connectivity index is 1.56. The van der Waals surface area contributed by atoms with E-state index in [1.54, 1.807) is 0 Å².